The highest BCUT2D eigenvalue weighted by Crippen LogP contribution is 2.27. The molecule has 1 atom stereocenters. The van der Waals surface area contributed by atoms with Crippen LogP contribution in [0.1, 0.15) is 24.2 Å². The first-order valence-electron chi connectivity index (χ1n) is 8.80. The van der Waals surface area contributed by atoms with Crippen molar-refractivity contribution in [1.29, 1.82) is 5.26 Å². The van der Waals surface area contributed by atoms with Gasteiger partial charge >= 0.3 is 0 Å². The molecule has 4 heterocycles. The van der Waals surface area contributed by atoms with Crippen LogP contribution in [0.4, 0.5) is 11.6 Å². The standard InChI is InChI=1S/C20H16N8O/c1-12(26-19-13(10-21)18(22)24-11-25-19)17-16(14-6-2-4-8-23-14)20(29)28-9-5-3-7-15(28)27-17/h2-9,11-12H,1H3,(H3,22,24,25,26)/t12-/m0/s1. The lowest BCUT2D eigenvalue weighted by Gasteiger charge is -2.18. The highest BCUT2D eigenvalue weighted by molar-refractivity contribution is 5.66. The second-order valence-electron chi connectivity index (χ2n) is 6.28. The summed E-state index contributed by atoms with van der Waals surface area (Å²) in [5.74, 6) is 0.350. The van der Waals surface area contributed by atoms with Crippen molar-refractivity contribution in [3.8, 4) is 17.3 Å². The van der Waals surface area contributed by atoms with Crippen molar-refractivity contribution in [3.05, 3.63) is 76.7 Å². The maximum absolute atomic E-state index is 13.2. The second kappa shape index (κ2) is 7.36. The quantitative estimate of drug-likeness (QED) is 0.546. The maximum Gasteiger partial charge on any atom is 0.267 e. The Kier molecular flexibility index (Phi) is 4.58. The molecule has 0 saturated carbocycles. The minimum absolute atomic E-state index is 0.0775. The van der Waals surface area contributed by atoms with Gasteiger partial charge in [0.1, 0.15) is 35.2 Å². The number of hydrogen-bond acceptors (Lipinski definition) is 8. The van der Waals surface area contributed by atoms with E-state index in [4.69, 9.17) is 5.73 Å². The first kappa shape index (κ1) is 18.1. The van der Waals surface area contributed by atoms with E-state index >= 15 is 0 Å². The van der Waals surface area contributed by atoms with E-state index in [-0.39, 0.29) is 22.8 Å². The fraction of sp³-hybridized carbons (Fsp3) is 0.100. The van der Waals surface area contributed by atoms with Crippen molar-refractivity contribution in [3.63, 3.8) is 0 Å². The Labute approximate surface area is 165 Å². The number of nitrogen functional groups attached to an aromatic ring is 1. The molecule has 4 aromatic rings. The highest BCUT2D eigenvalue weighted by Gasteiger charge is 2.22. The normalized spacial score (nSPS) is 11.7. The maximum atomic E-state index is 13.2. The molecule has 0 aromatic carbocycles. The van der Waals surface area contributed by atoms with Crippen LogP contribution in [0.3, 0.4) is 0 Å². The van der Waals surface area contributed by atoms with Crippen LogP contribution in [0.25, 0.3) is 16.9 Å². The molecular formula is C20H16N8O. The monoisotopic (exact) mass is 384 g/mol. The molecule has 9 nitrogen and oxygen atoms in total. The van der Waals surface area contributed by atoms with E-state index in [0.717, 1.165) is 0 Å². The molecule has 0 radical (unpaired) electrons. The second-order valence-corrected chi connectivity index (χ2v) is 6.28. The average molecular weight is 384 g/mol. The molecule has 0 aliphatic rings. The van der Waals surface area contributed by atoms with Gasteiger partial charge < -0.3 is 11.1 Å². The van der Waals surface area contributed by atoms with E-state index in [1.165, 1.54) is 10.7 Å². The van der Waals surface area contributed by atoms with Crippen molar-refractivity contribution in [2.24, 2.45) is 0 Å². The van der Waals surface area contributed by atoms with Gasteiger partial charge in [-0.05, 0) is 31.2 Å². The topological polar surface area (TPSA) is 135 Å². The van der Waals surface area contributed by atoms with Gasteiger partial charge in [-0.3, -0.25) is 14.2 Å². The van der Waals surface area contributed by atoms with Gasteiger partial charge in [-0.2, -0.15) is 5.26 Å². The molecular weight excluding hydrogens is 368 g/mol. The van der Waals surface area contributed by atoms with Crippen LogP contribution < -0.4 is 16.6 Å². The third kappa shape index (κ3) is 3.23. The largest absolute Gasteiger partial charge is 0.382 e. The average Bonchev–Trinajstić information content (AvgIpc) is 2.74. The molecule has 0 unspecified atom stereocenters. The van der Waals surface area contributed by atoms with Crippen LogP contribution in [0, 0.1) is 11.3 Å². The van der Waals surface area contributed by atoms with Crippen LogP contribution in [0.5, 0.6) is 0 Å². The van der Waals surface area contributed by atoms with Crippen molar-refractivity contribution in [2.75, 3.05) is 11.1 Å². The van der Waals surface area contributed by atoms with E-state index in [0.29, 0.717) is 22.6 Å². The van der Waals surface area contributed by atoms with Gasteiger partial charge in [-0.1, -0.05) is 12.1 Å². The van der Waals surface area contributed by atoms with E-state index in [1.54, 1.807) is 36.7 Å². The SMILES string of the molecule is C[C@H](Nc1ncnc(N)c1C#N)c1nc2ccccn2c(=O)c1-c1ccccn1. The molecule has 0 aliphatic heterocycles. The minimum Gasteiger partial charge on any atom is -0.382 e. The van der Waals surface area contributed by atoms with Crippen LogP contribution in [0.2, 0.25) is 0 Å². The zero-order chi connectivity index (χ0) is 20.4. The molecule has 142 valence electrons. The number of rotatable bonds is 4. The fourth-order valence-corrected chi connectivity index (χ4v) is 3.06. The lowest BCUT2D eigenvalue weighted by Crippen LogP contribution is -2.23. The number of nitrogens with zero attached hydrogens (tertiary/aromatic N) is 6. The molecule has 4 aromatic heterocycles. The molecule has 0 fully saturated rings. The highest BCUT2D eigenvalue weighted by atomic mass is 16.1. The van der Waals surface area contributed by atoms with Gasteiger partial charge in [0.2, 0.25) is 0 Å². The van der Waals surface area contributed by atoms with Crippen molar-refractivity contribution in [2.45, 2.75) is 13.0 Å². The predicted molar refractivity (Wildman–Crippen MR) is 108 cm³/mol. The van der Waals surface area contributed by atoms with Crippen LogP contribution in [-0.4, -0.2) is 24.3 Å². The molecule has 0 aliphatic carbocycles. The zero-order valence-corrected chi connectivity index (χ0v) is 15.4. The predicted octanol–water partition coefficient (Wildman–Crippen LogP) is 2.17. The number of fused-ring (bicyclic) bond motifs is 1. The lowest BCUT2D eigenvalue weighted by atomic mass is 10.1. The number of aromatic nitrogens is 5. The fourth-order valence-electron chi connectivity index (χ4n) is 3.06. The summed E-state index contributed by atoms with van der Waals surface area (Å²) < 4.78 is 1.48. The van der Waals surface area contributed by atoms with Gasteiger partial charge in [0.15, 0.2) is 0 Å². The number of anilines is 2. The summed E-state index contributed by atoms with van der Waals surface area (Å²) in [7, 11) is 0. The molecule has 4 rings (SSSR count). The van der Waals surface area contributed by atoms with E-state index in [1.807, 2.05) is 25.1 Å². The van der Waals surface area contributed by atoms with E-state index < -0.39 is 6.04 Å². The Morgan fingerprint density at radius 3 is 2.76 bits per heavy atom. The molecule has 29 heavy (non-hydrogen) atoms. The summed E-state index contributed by atoms with van der Waals surface area (Å²) in [6.45, 7) is 1.83. The molecule has 3 N–H and O–H groups in total. The van der Waals surface area contributed by atoms with Gasteiger partial charge in [-0.25, -0.2) is 15.0 Å². The number of nitrogens with two attached hydrogens (primary N) is 1. The third-order valence-electron chi connectivity index (χ3n) is 4.43. The van der Waals surface area contributed by atoms with Crippen LogP contribution in [-0.2, 0) is 0 Å². The minimum atomic E-state index is -0.466. The summed E-state index contributed by atoms with van der Waals surface area (Å²) in [5.41, 5.74) is 7.54. The lowest BCUT2D eigenvalue weighted by molar-refractivity contribution is 0.821. The van der Waals surface area contributed by atoms with Crippen molar-refractivity contribution < 1.29 is 0 Å². The number of nitrogens with one attached hydrogen (secondary N) is 1. The molecule has 0 bridgehead atoms. The van der Waals surface area contributed by atoms with Crippen LogP contribution in [0.15, 0.2) is 59.9 Å². The number of hydrogen-bond donors (Lipinski definition) is 2. The van der Waals surface area contributed by atoms with Gasteiger partial charge in [0.25, 0.3) is 5.56 Å². The van der Waals surface area contributed by atoms with Gasteiger partial charge in [0.05, 0.1) is 23.0 Å². The van der Waals surface area contributed by atoms with Gasteiger partial charge in [0, 0.05) is 12.4 Å². The van der Waals surface area contributed by atoms with E-state index in [9.17, 15) is 10.1 Å². The Bertz CT molecular complexity index is 1290. The summed E-state index contributed by atoms with van der Waals surface area (Å²) in [6, 6.07) is 12.2. The summed E-state index contributed by atoms with van der Waals surface area (Å²) in [4.78, 5) is 30.2. The van der Waals surface area contributed by atoms with Crippen molar-refractivity contribution in [1.82, 2.24) is 24.3 Å². The van der Waals surface area contributed by atoms with Crippen molar-refractivity contribution >= 4 is 17.3 Å². The smallest absolute Gasteiger partial charge is 0.267 e. The molecule has 9 heteroatoms. The van der Waals surface area contributed by atoms with E-state index in [2.05, 4.69) is 25.3 Å². The molecule has 0 amide bonds. The Balaban J connectivity index is 1.90. The molecule has 0 saturated heterocycles. The van der Waals surface area contributed by atoms with Crippen LogP contribution >= 0.6 is 0 Å². The Morgan fingerprint density at radius 1 is 1.17 bits per heavy atom. The molecule has 0 spiro atoms. The van der Waals surface area contributed by atoms with Gasteiger partial charge in [-0.15, -0.1) is 0 Å². The Hall–Kier alpha value is -4.32. The zero-order valence-electron chi connectivity index (χ0n) is 15.4. The summed E-state index contributed by atoms with van der Waals surface area (Å²) in [5, 5.41) is 12.5. The summed E-state index contributed by atoms with van der Waals surface area (Å²) >= 11 is 0. The first-order valence-corrected chi connectivity index (χ1v) is 8.80. The number of pyridine rings is 2. The third-order valence-corrected chi connectivity index (χ3v) is 4.43. The Morgan fingerprint density at radius 2 is 2.00 bits per heavy atom. The first-order chi connectivity index (χ1) is 14.1. The number of nitriles is 1. The summed E-state index contributed by atoms with van der Waals surface area (Å²) in [6.07, 6.45) is 4.56.